The Morgan fingerprint density at radius 2 is 2.00 bits per heavy atom. The predicted octanol–water partition coefficient (Wildman–Crippen LogP) is 2.04. The smallest absolute Gasteiger partial charge is 0.241 e. The molecule has 1 atom stereocenters. The van der Waals surface area contributed by atoms with Crippen molar-refractivity contribution in [2.24, 2.45) is 11.7 Å². The van der Waals surface area contributed by atoms with Crippen LogP contribution in [0.5, 0.6) is 5.75 Å². The van der Waals surface area contributed by atoms with Crippen molar-refractivity contribution in [2.45, 2.75) is 26.8 Å². The molecule has 1 aromatic carbocycles. The van der Waals surface area contributed by atoms with Crippen LogP contribution in [0.15, 0.2) is 18.2 Å². The number of rotatable bonds is 3. The molecule has 4 N–H and O–H groups in total. The highest BCUT2D eigenvalue weighted by Gasteiger charge is 2.18. The second-order valence-corrected chi connectivity index (χ2v) is 4.28. The number of amides is 1. The van der Waals surface area contributed by atoms with Crippen LogP contribution in [-0.2, 0) is 4.79 Å². The second-order valence-electron chi connectivity index (χ2n) is 4.28. The van der Waals surface area contributed by atoms with Gasteiger partial charge < -0.3 is 16.2 Å². The minimum Gasteiger partial charge on any atom is -0.506 e. The molecule has 0 spiro atoms. The van der Waals surface area contributed by atoms with Crippen LogP contribution < -0.4 is 11.1 Å². The summed E-state index contributed by atoms with van der Waals surface area (Å²) in [7, 11) is 0. The van der Waals surface area contributed by atoms with E-state index in [-0.39, 0.29) is 30.0 Å². The zero-order valence-electron chi connectivity index (χ0n) is 10.2. The number of anilines is 1. The molecule has 1 unspecified atom stereocenters. The zero-order chi connectivity index (χ0) is 12.3. The molecule has 0 saturated heterocycles. The van der Waals surface area contributed by atoms with Crippen molar-refractivity contribution in [3.63, 3.8) is 0 Å². The van der Waals surface area contributed by atoms with E-state index in [0.717, 1.165) is 5.56 Å². The first-order valence-electron chi connectivity index (χ1n) is 5.28. The number of benzene rings is 1. The maximum atomic E-state index is 11.6. The molecule has 0 saturated carbocycles. The lowest BCUT2D eigenvalue weighted by atomic mass is 10.0. The lowest BCUT2D eigenvalue weighted by Crippen LogP contribution is -2.39. The third-order valence-corrected chi connectivity index (χ3v) is 2.43. The molecule has 1 aromatic rings. The summed E-state index contributed by atoms with van der Waals surface area (Å²) in [5.74, 6) is -0.161. The van der Waals surface area contributed by atoms with Gasteiger partial charge in [0.1, 0.15) is 5.75 Å². The average molecular weight is 259 g/mol. The average Bonchev–Trinajstić information content (AvgIpc) is 2.20. The number of aromatic hydroxyl groups is 1. The van der Waals surface area contributed by atoms with E-state index < -0.39 is 6.04 Å². The standard InChI is InChI=1S/C12H18N2O2.ClH/c1-7(2)11(13)12(16)14-9-5-4-8(3)6-10(9)15;/h4-7,11,15H,13H2,1-3H3,(H,14,16);1H. The highest BCUT2D eigenvalue weighted by atomic mass is 35.5. The van der Waals surface area contributed by atoms with E-state index in [1.54, 1.807) is 12.1 Å². The topological polar surface area (TPSA) is 75.4 Å². The number of halogens is 1. The maximum Gasteiger partial charge on any atom is 0.241 e. The van der Waals surface area contributed by atoms with E-state index in [0.29, 0.717) is 5.69 Å². The number of aryl methyl sites for hydroxylation is 1. The molecule has 17 heavy (non-hydrogen) atoms. The number of nitrogens with two attached hydrogens (primary N) is 1. The van der Waals surface area contributed by atoms with Crippen molar-refractivity contribution in [1.29, 1.82) is 0 Å². The van der Waals surface area contributed by atoms with E-state index in [1.165, 1.54) is 0 Å². The van der Waals surface area contributed by atoms with Gasteiger partial charge in [-0.3, -0.25) is 4.79 Å². The summed E-state index contributed by atoms with van der Waals surface area (Å²) in [5.41, 5.74) is 7.02. The van der Waals surface area contributed by atoms with Crippen LogP contribution in [0.4, 0.5) is 5.69 Å². The Balaban J connectivity index is 0.00000256. The number of hydrogen-bond acceptors (Lipinski definition) is 3. The third-order valence-electron chi connectivity index (χ3n) is 2.43. The summed E-state index contributed by atoms with van der Waals surface area (Å²) in [4.78, 5) is 11.6. The number of phenols is 1. The van der Waals surface area contributed by atoms with Gasteiger partial charge in [0.25, 0.3) is 0 Å². The fraction of sp³-hybridized carbons (Fsp3) is 0.417. The summed E-state index contributed by atoms with van der Waals surface area (Å²) in [6.45, 7) is 5.61. The summed E-state index contributed by atoms with van der Waals surface area (Å²) in [6, 6.07) is 4.50. The monoisotopic (exact) mass is 258 g/mol. The Morgan fingerprint density at radius 3 is 2.47 bits per heavy atom. The van der Waals surface area contributed by atoms with Crippen LogP contribution in [0.2, 0.25) is 0 Å². The molecule has 0 aliphatic rings. The fourth-order valence-corrected chi connectivity index (χ4v) is 1.27. The predicted molar refractivity (Wildman–Crippen MR) is 71.5 cm³/mol. The summed E-state index contributed by atoms with van der Waals surface area (Å²) >= 11 is 0. The number of nitrogens with one attached hydrogen (secondary N) is 1. The van der Waals surface area contributed by atoms with Gasteiger partial charge in [-0.1, -0.05) is 19.9 Å². The molecule has 0 fully saturated rings. The molecule has 0 heterocycles. The normalized spacial score (nSPS) is 11.8. The molecule has 0 aromatic heterocycles. The number of phenolic OH excluding ortho intramolecular Hbond substituents is 1. The van der Waals surface area contributed by atoms with Crippen molar-refractivity contribution in [3.05, 3.63) is 23.8 Å². The van der Waals surface area contributed by atoms with Gasteiger partial charge in [0, 0.05) is 0 Å². The molecule has 5 heteroatoms. The highest BCUT2D eigenvalue weighted by molar-refractivity contribution is 5.96. The van der Waals surface area contributed by atoms with Gasteiger partial charge in [-0.2, -0.15) is 0 Å². The van der Waals surface area contributed by atoms with Gasteiger partial charge >= 0.3 is 0 Å². The summed E-state index contributed by atoms with van der Waals surface area (Å²) < 4.78 is 0. The lowest BCUT2D eigenvalue weighted by molar-refractivity contribution is -0.118. The quantitative estimate of drug-likeness (QED) is 0.727. The van der Waals surface area contributed by atoms with Gasteiger partial charge in [-0.05, 0) is 30.5 Å². The minimum absolute atomic E-state index is 0. The fourth-order valence-electron chi connectivity index (χ4n) is 1.27. The van der Waals surface area contributed by atoms with E-state index in [4.69, 9.17) is 5.73 Å². The Labute approximate surface area is 108 Å². The molecule has 1 amide bonds. The SMILES string of the molecule is Cc1ccc(NC(=O)C(N)C(C)C)c(O)c1.Cl. The summed E-state index contributed by atoms with van der Waals surface area (Å²) in [5, 5.41) is 12.2. The third kappa shape index (κ3) is 4.24. The Morgan fingerprint density at radius 1 is 1.41 bits per heavy atom. The number of carbonyl (C=O) groups is 1. The first kappa shape index (κ1) is 15.7. The van der Waals surface area contributed by atoms with Crippen LogP contribution in [0, 0.1) is 12.8 Å². The van der Waals surface area contributed by atoms with Gasteiger partial charge in [-0.15, -0.1) is 12.4 Å². The van der Waals surface area contributed by atoms with Crippen LogP contribution in [0.1, 0.15) is 19.4 Å². The maximum absolute atomic E-state index is 11.6. The molecule has 4 nitrogen and oxygen atoms in total. The van der Waals surface area contributed by atoms with Crippen LogP contribution in [0.25, 0.3) is 0 Å². The molecule has 1 rings (SSSR count). The number of carbonyl (C=O) groups excluding carboxylic acids is 1. The second kappa shape index (κ2) is 6.47. The van der Waals surface area contributed by atoms with Crippen LogP contribution in [-0.4, -0.2) is 17.1 Å². The largest absolute Gasteiger partial charge is 0.506 e. The molecule has 0 aliphatic carbocycles. The van der Waals surface area contributed by atoms with Crippen molar-refractivity contribution in [2.75, 3.05) is 5.32 Å². The number of hydrogen-bond donors (Lipinski definition) is 3. The van der Waals surface area contributed by atoms with Crippen LogP contribution in [0.3, 0.4) is 0 Å². The van der Waals surface area contributed by atoms with Crippen LogP contribution >= 0.6 is 12.4 Å². The first-order chi connectivity index (χ1) is 7.41. The van der Waals surface area contributed by atoms with E-state index >= 15 is 0 Å². The lowest BCUT2D eigenvalue weighted by Gasteiger charge is -2.16. The minimum atomic E-state index is -0.569. The summed E-state index contributed by atoms with van der Waals surface area (Å²) in [6.07, 6.45) is 0. The van der Waals surface area contributed by atoms with Gasteiger partial charge in [0.15, 0.2) is 0 Å². The van der Waals surface area contributed by atoms with E-state index in [1.807, 2.05) is 26.8 Å². The van der Waals surface area contributed by atoms with Gasteiger partial charge in [-0.25, -0.2) is 0 Å². The molecule has 96 valence electrons. The van der Waals surface area contributed by atoms with Crippen molar-refractivity contribution < 1.29 is 9.90 Å². The Bertz CT molecular complexity index is 394. The molecule has 0 bridgehead atoms. The van der Waals surface area contributed by atoms with Crippen molar-refractivity contribution in [3.8, 4) is 5.75 Å². The van der Waals surface area contributed by atoms with E-state index in [2.05, 4.69) is 5.32 Å². The zero-order valence-corrected chi connectivity index (χ0v) is 11.0. The molecule has 0 radical (unpaired) electrons. The molecular weight excluding hydrogens is 240 g/mol. The van der Waals surface area contributed by atoms with E-state index in [9.17, 15) is 9.90 Å². The Kier molecular flexibility index (Phi) is 5.99. The molecule has 0 aliphatic heterocycles. The highest BCUT2D eigenvalue weighted by Crippen LogP contribution is 2.24. The van der Waals surface area contributed by atoms with Crippen molar-refractivity contribution >= 4 is 24.0 Å². The van der Waals surface area contributed by atoms with Gasteiger partial charge in [0.05, 0.1) is 11.7 Å². The Hall–Kier alpha value is -1.26. The van der Waals surface area contributed by atoms with Gasteiger partial charge in [0.2, 0.25) is 5.91 Å². The first-order valence-corrected chi connectivity index (χ1v) is 5.28. The molecular formula is C12H19ClN2O2. The van der Waals surface area contributed by atoms with Crippen molar-refractivity contribution in [1.82, 2.24) is 0 Å².